The van der Waals surface area contributed by atoms with Gasteiger partial charge in [-0.2, -0.15) is 5.10 Å². The Bertz CT molecular complexity index is 1240. The van der Waals surface area contributed by atoms with E-state index in [-0.39, 0.29) is 18.7 Å². The Morgan fingerprint density at radius 3 is 2.41 bits per heavy atom. The summed E-state index contributed by atoms with van der Waals surface area (Å²) in [4.78, 5) is 25.9. The SMILES string of the molecule is CC(C)(C)C(c1nn(-c2cc(F)ccc2F)cc1Cc1ccccc1)N(CC[C@H](N)C(N)=O)C(=O)CO. The lowest BCUT2D eigenvalue weighted by molar-refractivity contribution is -0.140. The average molecular weight is 514 g/mol. The van der Waals surface area contributed by atoms with Gasteiger partial charge in [0.15, 0.2) is 0 Å². The van der Waals surface area contributed by atoms with Crippen molar-refractivity contribution in [2.24, 2.45) is 16.9 Å². The van der Waals surface area contributed by atoms with Gasteiger partial charge in [-0.25, -0.2) is 13.5 Å². The highest BCUT2D eigenvalue weighted by atomic mass is 19.1. The maximum absolute atomic E-state index is 14.7. The Morgan fingerprint density at radius 2 is 1.81 bits per heavy atom. The molecule has 2 atom stereocenters. The molecule has 8 nitrogen and oxygen atoms in total. The molecule has 10 heteroatoms. The fourth-order valence-electron chi connectivity index (χ4n) is 4.32. The summed E-state index contributed by atoms with van der Waals surface area (Å²) in [6, 6.07) is 10.9. The van der Waals surface area contributed by atoms with Crippen molar-refractivity contribution in [1.29, 1.82) is 0 Å². The second kappa shape index (κ2) is 11.6. The molecule has 0 radical (unpaired) electrons. The Kier molecular flexibility index (Phi) is 8.77. The van der Waals surface area contributed by atoms with Gasteiger partial charge >= 0.3 is 0 Å². The van der Waals surface area contributed by atoms with E-state index in [1.807, 2.05) is 51.1 Å². The van der Waals surface area contributed by atoms with Crippen molar-refractivity contribution in [3.05, 3.63) is 83.2 Å². The molecule has 37 heavy (non-hydrogen) atoms. The fourth-order valence-corrected chi connectivity index (χ4v) is 4.32. The summed E-state index contributed by atoms with van der Waals surface area (Å²) in [6.45, 7) is 4.95. The van der Waals surface area contributed by atoms with E-state index in [0.29, 0.717) is 17.7 Å². The summed E-state index contributed by atoms with van der Waals surface area (Å²) >= 11 is 0. The largest absolute Gasteiger partial charge is 0.387 e. The van der Waals surface area contributed by atoms with Crippen LogP contribution in [-0.4, -0.2) is 50.8 Å². The van der Waals surface area contributed by atoms with Crippen LogP contribution in [0.15, 0.2) is 54.7 Å². The molecule has 5 N–H and O–H groups in total. The Morgan fingerprint density at radius 1 is 1.14 bits per heavy atom. The number of carbonyl (C=O) groups is 2. The van der Waals surface area contributed by atoms with E-state index in [1.165, 1.54) is 9.58 Å². The van der Waals surface area contributed by atoms with Crippen molar-refractivity contribution in [1.82, 2.24) is 14.7 Å². The van der Waals surface area contributed by atoms with E-state index >= 15 is 0 Å². The molecule has 0 saturated carbocycles. The summed E-state index contributed by atoms with van der Waals surface area (Å²) in [6.07, 6.45) is 2.10. The highest BCUT2D eigenvalue weighted by Crippen LogP contribution is 2.40. The lowest BCUT2D eigenvalue weighted by Gasteiger charge is -2.40. The number of primary amides is 1. The van der Waals surface area contributed by atoms with Crippen LogP contribution in [0.3, 0.4) is 0 Å². The van der Waals surface area contributed by atoms with Crippen molar-refractivity contribution < 1.29 is 23.5 Å². The molecule has 1 aromatic heterocycles. The number of halogens is 2. The molecule has 0 spiro atoms. The Labute approximate surface area is 214 Å². The van der Waals surface area contributed by atoms with Gasteiger partial charge in [0, 0.05) is 30.8 Å². The summed E-state index contributed by atoms with van der Waals surface area (Å²) in [7, 11) is 0. The number of aliphatic hydroxyl groups excluding tert-OH is 1. The molecule has 2 aromatic carbocycles. The lowest BCUT2D eigenvalue weighted by atomic mass is 9.81. The fraction of sp³-hybridized carbons (Fsp3) is 0.370. The third-order valence-electron chi connectivity index (χ3n) is 6.11. The molecule has 0 saturated heterocycles. The third kappa shape index (κ3) is 6.78. The normalized spacial score (nSPS) is 13.3. The summed E-state index contributed by atoms with van der Waals surface area (Å²) < 4.78 is 30.0. The topological polar surface area (TPSA) is 127 Å². The van der Waals surface area contributed by atoms with E-state index in [1.54, 1.807) is 6.20 Å². The molecule has 3 aromatic rings. The van der Waals surface area contributed by atoms with Crippen LogP contribution in [0.1, 0.15) is 50.1 Å². The van der Waals surface area contributed by atoms with Crippen LogP contribution in [0.4, 0.5) is 8.78 Å². The number of rotatable bonds is 10. The van der Waals surface area contributed by atoms with E-state index in [2.05, 4.69) is 5.10 Å². The van der Waals surface area contributed by atoms with E-state index in [4.69, 9.17) is 11.5 Å². The van der Waals surface area contributed by atoms with Crippen LogP contribution in [-0.2, 0) is 16.0 Å². The zero-order chi connectivity index (χ0) is 27.3. The van der Waals surface area contributed by atoms with Gasteiger partial charge in [0.25, 0.3) is 0 Å². The first-order valence-electron chi connectivity index (χ1n) is 12.0. The van der Waals surface area contributed by atoms with Gasteiger partial charge in [-0.15, -0.1) is 0 Å². The van der Waals surface area contributed by atoms with Gasteiger partial charge in [-0.05, 0) is 29.5 Å². The molecule has 1 unspecified atom stereocenters. The first-order valence-corrected chi connectivity index (χ1v) is 12.0. The number of carbonyl (C=O) groups excluding carboxylic acids is 2. The lowest BCUT2D eigenvalue weighted by Crippen LogP contribution is -2.46. The standard InChI is InChI=1S/C27H33F2N5O3/c1-27(2,3)25(33(23(36)16-35)12-11-21(30)26(31)37)24-18(13-17-7-5-4-6-8-17)15-34(32-24)22-14-19(28)9-10-20(22)29/h4-10,14-15,21,25,35H,11-13,16,30H2,1-3H3,(H2,31,37)/t21-,25?/m0/s1. The Balaban J connectivity index is 2.18. The maximum Gasteiger partial charge on any atom is 0.248 e. The molecule has 2 amide bonds. The van der Waals surface area contributed by atoms with E-state index in [9.17, 15) is 23.5 Å². The Hall–Kier alpha value is -3.63. The predicted octanol–water partition coefficient (Wildman–Crippen LogP) is 2.85. The van der Waals surface area contributed by atoms with Gasteiger partial charge in [-0.3, -0.25) is 9.59 Å². The van der Waals surface area contributed by atoms with E-state index in [0.717, 1.165) is 23.8 Å². The van der Waals surface area contributed by atoms with Crippen molar-refractivity contribution >= 4 is 11.8 Å². The predicted molar refractivity (Wildman–Crippen MR) is 136 cm³/mol. The summed E-state index contributed by atoms with van der Waals surface area (Å²) in [5.41, 5.74) is 12.5. The highest BCUT2D eigenvalue weighted by molar-refractivity contribution is 5.80. The molecule has 198 valence electrons. The minimum atomic E-state index is -0.989. The van der Waals surface area contributed by atoms with Crippen molar-refractivity contribution in [3.63, 3.8) is 0 Å². The number of aromatic nitrogens is 2. The minimum Gasteiger partial charge on any atom is -0.387 e. The molecule has 1 heterocycles. The van der Waals surface area contributed by atoms with Crippen LogP contribution < -0.4 is 11.5 Å². The highest BCUT2D eigenvalue weighted by Gasteiger charge is 2.38. The molecule has 0 aliphatic heterocycles. The number of amides is 2. The quantitative estimate of drug-likeness (QED) is 0.384. The minimum absolute atomic E-state index is 0.0252. The molecule has 0 aliphatic rings. The van der Waals surface area contributed by atoms with Crippen molar-refractivity contribution in [3.8, 4) is 5.69 Å². The van der Waals surface area contributed by atoms with Crippen LogP contribution in [0.2, 0.25) is 0 Å². The second-order valence-electron chi connectivity index (χ2n) is 10.1. The molecule has 0 fully saturated rings. The van der Waals surface area contributed by atoms with Crippen LogP contribution in [0.5, 0.6) is 0 Å². The molecule has 0 aliphatic carbocycles. The first-order chi connectivity index (χ1) is 17.4. The van der Waals surface area contributed by atoms with Crippen LogP contribution in [0, 0.1) is 17.0 Å². The van der Waals surface area contributed by atoms with E-state index < -0.39 is 47.6 Å². The number of hydrogen-bond donors (Lipinski definition) is 3. The first kappa shape index (κ1) is 27.9. The zero-order valence-electron chi connectivity index (χ0n) is 21.2. The zero-order valence-corrected chi connectivity index (χ0v) is 21.2. The van der Waals surface area contributed by atoms with Crippen molar-refractivity contribution in [2.45, 2.75) is 45.7 Å². The molecular weight excluding hydrogens is 480 g/mol. The number of hydrogen-bond acceptors (Lipinski definition) is 5. The second-order valence-corrected chi connectivity index (χ2v) is 10.1. The maximum atomic E-state index is 14.7. The van der Waals surface area contributed by atoms with Gasteiger partial charge in [0.1, 0.15) is 23.9 Å². The van der Waals surface area contributed by atoms with Gasteiger partial charge in [0.2, 0.25) is 11.8 Å². The third-order valence-corrected chi connectivity index (χ3v) is 6.11. The molecule has 0 bridgehead atoms. The van der Waals surface area contributed by atoms with Crippen LogP contribution in [0.25, 0.3) is 5.69 Å². The number of aliphatic hydroxyl groups is 1. The van der Waals surface area contributed by atoms with Crippen molar-refractivity contribution in [2.75, 3.05) is 13.2 Å². The monoisotopic (exact) mass is 513 g/mol. The van der Waals surface area contributed by atoms with Gasteiger partial charge in [-0.1, -0.05) is 51.1 Å². The number of nitrogens with two attached hydrogens (primary N) is 2. The van der Waals surface area contributed by atoms with Crippen LogP contribution >= 0.6 is 0 Å². The number of benzene rings is 2. The molecule has 3 rings (SSSR count). The summed E-state index contributed by atoms with van der Waals surface area (Å²) in [5, 5.41) is 14.4. The molecular formula is C27H33F2N5O3. The smallest absolute Gasteiger partial charge is 0.248 e. The van der Waals surface area contributed by atoms with Gasteiger partial charge in [0.05, 0.1) is 17.8 Å². The number of nitrogens with zero attached hydrogens (tertiary/aromatic N) is 3. The average Bonchev–Trinajstić information content (AvgIpc) is 3.24. The van der Waals surface area contributed by atoms with Gasteiger partial charge < -0.3 is 21.5 Å². The summed E-state index contributed by atoms with van der Waals surface area (Å²) in [5.74, 6) is -2.58.